The molecular weight excluding hydrogens is 394 g/mol. The first kappa shape index (κ1) is 16.7. The van der Waals surface area contributed by atoms with E-state index in [-0.39, 0.29) is 11.8 Å². The lowest BCUT2D eigenvalue weighted by atomic mass is 10.2. The first-order valence-corrected chi connectivity index (χ1v) is 8.71. The van der Waals surface area contributed by atoms with Gasteiger partial charge in [-0.2, -0.15) is 0 Å². The molecule has 1 aromatic carbocycles. The number of amides is 2. The van der Waals surface area contributed by atoms with Crippen LogP contribution < -0.4 is 10.6 Å². The van der Waals surface area contributed by atoms with Crippen molar-refractivity contribution in [1.82, 2.24) is 4.98 Å². The van der Waals surface area contributed by atoms with E-state index in [1.165, 1.54) is 18.3 Å². The molecule has 2 heterocycles. The van der Waals surface area contributed by atoms with Crippen molar-refractivity contribution >= 4 is 60.1 Å². The van der Waals surface area contributed by atoms with Crippen LogP contribution in [0.4, 0.5) is 10.8 Å². The minimum Gasteiger partial charge on any atom is -0.465 e. The number of halogens is 1. The molecular formula is C16H14BrN3O3S. The zero-order chi connectivity index (χ0) is 17.4. The number of hydrogen-bond donors (Lipinski definition) is 2. The number of benzene rings is 1. The summed E-state index contributed by atoms with van der Waals surface area (Å²) in [6, 6.07) is 5.40. The molecule has 0 aliphatic heterocycles. The number of anilines is 2. The molecule has 0 unspecified atom stereocenters. The molecule has 2 amide bonds. The third kappa shape index (κ3) is 3.20. The van der Waals surface area contributed by atoms with Gasteiger partial charge in [-0.3, -0.25) is 14.9 Å². The number of aromatic nitrogens is 1. The van der Waals surface area contributed by atoms with Gasteiger partial charge in [-0.25, -0.2) is 4.98 Å². The summed E-state index contributed by atoms with van der Waals surface area (Å²) >= 11 is 4.71. The number of nitrogens with zero attached hydrogens (tertiary/aromatic N) is 1. The second-order valence-corrected chi connectivity index (χ2v) is 7.06. The Bertz CT molecular complexity index is 961. The van der Waals surface area contributed by atoms with Gasteiger partial charge in [0.15, 0.2) is 5.13 Å². The molecule has 0 saturated carbocycles. The van der Waals surface area contributed by atoms with Crippen LogP contribution in [0.25, 0.3) is 10.2 Å². The molecule has 0 spiro atoms. The summed E-state index contributed by atoms with van der Waals surface area (Å²) in [5.41, 5.74) is 1.91. The quantitative estimate of drug-likeness (QED) is 0.670. The lowest BCUT2D eigenvalue weighted by Crippen LogP contribution is -2.12. The predicted molar refractivity (Wildman–Crippen MR) is 97.8 cm³/mol. The maximum Gasteiger partial charge on any atom is 0.262 e. The highest BCUT2D eigenvalue weighted by Gasteiger charge is 2.21. The fourth-order valence-corrected chi connectivity index (χ4v) is 3.77. The average Bonchev–Trinajstić information content (AvgIpc) is 2.98. The Hall–Kier alpha value is -2.19. The second kappa shape index (κ2) is 6.37. The molecule has 124 valence electrons. The van der Waals surface area contributed by atoms with Crippen LogP contribution in [0, 0.1) is 13.8 Å². The number of nitrogens with one attached hydrogen (secondary N) is 2. The zero-order valence-corrected chi connectivity index (χ0v) is 15.6. The van der Waals surface area contributed by atoms with Crippen molar-refractivity contribution in [2.24, 2.45) is 0 Å². The van der Waals surface area contributed by atoms with Gasteiger partial charge >= 0.3 is 0 Å². The van der Waals surface area contributed by atoms with E-state index in [1.807, 2.05) is 6.07 Å². The van der Waals surface area contributed by atoms with Crippen LogP contribution in [-0.2, 0) is 4.79 Å². The number of hydrogen-bond acceptors (Lipinski definition) is 5. The number of fused-ring (bicyclic) bond motifs is 1. The van der Waals surface area contributed by atoms with Crippen molar-refractivity contribution in [3.8, 4) is 0 Å². The zero-order valence-electron chi connectivity index (χ0n) is 13.2. The largest absolute Gasteiger partial charge is 0.465 e. The molecule has 0 saturated heterocycles. The summed E-state index contributed by atoms with van der Waals surface area (Å²) < 4.78 is 6.97. The molecule has 0 bridgehead atoms. The topological polar surface area (TPSA) is 84.2 Å². The van der Waals surface area contributed by atoms with Crippen LogP contribution in [-0.4, -0.2) is 16.8 Å². The summed E-state index contributed by atoms with van der Waals surface area (Å²) in [4.78, 5) is 28.0. The van der Waals surface area contributed by atoms with Gasteiger partial charge in [0, 0.05) is 12.6 Å². The summed E-state index contributed by atoms with van der Waals surface area (Å²) in [6.45, 7) is 4.98. The van der Waals surface area contributed by atoms with Gasteiger partial charge in [-0.1, -0.05) is 11.3 Å². The monoisotopic (exact) mass is 407 g/mol. The van der Waals surface area contributed by atoms with Crippen molar-refractivity contribution in [1.29, 1.82) is 0 Å². The first-order valence-electron chi connectivity index (χ1n) is 7.10. The number of carbonyl (C=O) groups is 2. The average molecular weight is 408 g/mol. The SMILES string of the molecule is CC(=O)Nc1ccc2nc(NC(=O)c3c(C)oc(C)c3Br)sc2c1. The summed E-state index contributed by atoms with van der Waals surface area (Å²) in [5.74, 6) is 0.785. The molecule has 0 radical (unpaired) electrons. The molecule has 6 nitrogen and oxygen atoms in total. The van der Waals surface area contributed by atoms with E-state index in [0.717, 1.165) is 10.2 Å². The van der Waals surface area contributed by atoms with Gasteiger partial charge in [0.05, 0.1) is 20.3 Å². The molecule has 24 heavy (non-hydrogen) atoms. The Morgan fingerprint density at radius 2 is 1.96 bits per heavy atom. The van der Waals surface area contributed by atoms with E-state index >= 15 is 0 Å². The summed E-state index contributed by atoms with van der Waals surface area (Å²) in [5, 5.41) is 6.00. The Labute approximate surface area is 150 Å². The van der Waals surface area contributed by atoms with Crippen LogP contribution in [0.5, 0.6) is 0 Å². The van der Waals surface area contributed by atoms with Crippen molar-refractivity contribution in [2.75, 3.05) is 10.6 Å². The molecule has 2 aromatic heterocycles. The van der Waals surface area contributed by atoms with Crippen molar-refractivity contribution < 1.29 is 14.0 Å². The highest BCUT2D eigenvalue weighted by atomic mass is 79.9. The maximum absolute atomic E-state index is 12.5. The Kier molecular flexibility index (Phi) is 4.42. The van der Waals surface area contributed by atoms with Crippen LogP contribution in [0.1, 0.15) is 28.8 Å². The fourth-order valence-electron chi connectivity index (χ4n) is 2.33. The number of thiazole rings is 1. The smallest absolute Gasteiger partial charge is 0.262 e. The van der Waals surface area contributed by atoms with E-state index in [0.29, 0.717) is 32.4 Å². The molecule has 3 rings (SSSR count). The minimum atomic E-state index is -0.280. The van der Waals surface area contributed by atoms with Gasteiger partial charge < -0.3 is 9.73 Å². The third-order valence-electron chi connectivity index (χ3n) is 3.34. The summed E-state index contributed by atoms with van der Waals surface area (Å²) in [6.07, 6.45) is 0. The van der Waals surface area contributed by atoms with Gasteiger partial charge in [0.2, 0.25) is 5.91 Å². The number of rotatable bonds is 3. The molecule has 0 atom stereocenters. The molecule has 0 fully saturated rings. The Morgan fingerprint density at radius 3 is 2.58 bits per heavy atom. The lowest BCUT2D eigenvalue weighted by Gasteiger charge is -2.00. The second-order valence-electron chi connectivity index (χ2n) is 5.24. The Balaban J connectivity index is 1.87. The Morgan fingerprint density at radius 1 is 1.21 bits per heavy atom. The molecule has 8 heteroatoms. The van der Waals surface area contributed by atoms with Crippen LogP contribution in [0.3, 0.4) is 0 Å². The van der Waals surface area contributed by atoms with Crippen LogP contribution >= 0.6 is 27.3 Å². The van der Waals surface area contributed by atoms with Crippen molar-refractivity contribution in [2.45, 2.75) is 20.8 Å². The van der Waals surface area contributed by atoms with E-state index in [9.17, 15) is 9.59 Å². The minimum absolute atomic E-state index is 0.136. The van der Waals surface area contributed by atoms with Crippen LogP contribution in [0.15, 0.2) is 27.1 Å². The van der Waals surface area contributed by atoms with Crippen LogP contribution in [0.2, 0.25) is 0 Å². The van der Waals surface area contributed by atoms with E-state index < -0.39 is 0 Å². The number of carbonyl (C=O) groups excluding carboxylic acids is 2. The summed E-state index contributed by atoms with van der Waals surface area (Å²) in [7, 11) is 0. The molecule has 0 aliphatic rings. The normalized spacial score (nSPS) is 10.8. The molecule has 0 aliphatic carbocycles. The fraction of sp³-hybridized carbons (Fsp3) is 0.188. The van der Waals surface area contributed by atoms with Gasteiger partial charge in [-0.05, 0) is 48.0 Å². The highest BCUT2D eigenvalue weighted by Crippen LogP contribution is 2.31. The highest BCUT2D eigenvalue weighted by molar-refractivity contribution is 9.10. The third-order valence-corrected chi connectivity index (χ3v) is 5.23. The standard InChI is InChI=1S/C16H14BrN3O3S/c1-7-13(14(17)8(2)23-7)15(22)20-16-19-11-5-4-10(18-9(3)21)6-12(11)24-16/h4-6H,1-3H3,(H,18,21)(H,19,20,22). The predicted octanol–water partition coefficient (Wildman–Crippen LogP) is 4.48. The number of aryl methyl sites for hydroxylation is 2. The lowest BCUT2D eigenvalue weighted by molar-refractivity contribution is -0.114. The van der Waals surface area contributed by atoms with Crippen molar-refractivity contribution in [3.05, 3.63) is 39.8 Å². The van der Waals surface area contributed by atoms with Crippen molar-refractivity contribution in [3.63, 3.8) is 0 Å². The van der Waals surface area contributed by atoms with Gasteiger partial charge in [-0.15, -0.1) is 0 Å². The number of furan rings is 1. The maximum atomic E-state index is 12.5. The molecule has 2 N–H and O–H groups in total. The van der Waals surface area contributed by atoms with Gasteiger partial charge in [0.25, 0.3) is 5.91 Å². The molecule has 3 aromatic rings. The van der Waals surface area contributed by atoms with E-state index in [2.05, 4.69) is 31.5 Å². The van der Waals surface area contributed by atoms with E-state index in [4.69, 9.17) is 4.42 Å². The first-order chi connectivity index (χ1) is 11.3. The van der Waals surface area contributed by atoms with E-state index in [1.54, 1.807) is 26.0 Å². The van der Waals surface area contributed by atoms with Gasteiger partial charge in [0.1, 0.15) is 11.5 Å².